The average molecular weight is 337 g/mol. The maximum absolute atomic E-state index is 11.6. The van der Waals surface area contributed by atoms with Crippen LogP contribution in [-0.4, -0.2) is 94.4 Å². The summed E-state index contributed by atoms with van der Waals surface area (Å²) in [5.41, 5.74) is 0. The van der Waals surface area contributed by atoms with Crippen molar-refractivity contribution in [3.05, 3.63) is 0 Å². The quantitative estimate of drug-likeness (QED) is 0.194. The van der Waals surface area contributed by atoms with E-state index in [-0.39, 0.29) is 6.42 Å². The minimum Gasteiger partial charge on any atom is -0.479 e. The van der Waals surface area contributed by atoms with Crippen molar-refractivity contribution < 1.29 is 39.9 Å². The second-order valence-corrected chi connectivity index (χ2v) is 4.80. The predicted molar refractivity (Wildman–Crippen MR) is 76.2 cm³/mol. The zero-order chi connectivity index (χ0) is 18.2. The van der Waals surface area contributed by atoms with Crippen molar-refractivity contribution in [2.75, 3.05) is 20.6 Å². The van der Waals surface area contributed by atoms with E-state index in [1.165, 1.54) is 14.1 Å². The zero-order valence-electron chi connectivity index (χ0n) is 12.8. The van der Waals surface area contributed by atoms with Gasteiger partial charge in [0.1, 0.15) is 12.2 Å². The summed E-state index contributed by atoms with van der Waals surface area (Å²) in [6, 6.07) is -0.790. The van der Waals surface area contributed by atoms with Gasteiger partial charge in [-0.15, -0.1) is 0 Å². The number of hydrogen-bond acceptors (Lipinski definition) is 8. The fourth-order valence-electron chi connectivity index (χ4n) is 1.66. The SMILES string of the molecule is CNC(=O)[C@H](CC(=O)NC[C@H](O)[C@@H](O)[C@H](O)[C@H](O)C(=O)O)NC. The number of carboxylic acid groups (broad SMARTS) is 1. The second-order valence-electron chi connectivity index (χ2n) is 4.80. The first kappa shape index (κ1) is 21.2. The topological polar surface area (TPSA) is 188 Å². The summed E-state index contributed by atoms with van der Waals surface area (Å²) >= 11 is 0. The molecule has 0 bridgehead atoms. The molecule has 23 heavy (non-hydrogen) atoms. The van der Waals surface area contributed by atoms with E-state index in [2.05, 4.69) is 16.0 Å². The van der Waals surface area contributed by atoms with E-state index < -0.39 is 54.8 Å². The third-order valence-electron chi connectivity index (χ3n) is 3.13. The highest BCUT2D eigenvalue weighted by Gasteiger charge is 2.34. The maximum atomic E-state index is 11.6. The highest BCUT2D eigenvalue weighted by Crippen LogP contribution is 2.05. The standard InChI is InChI=1S/C12H23N3O8/c1-13-5(11(21)14-2)3-7(17)15-4-6(16)8(18)9(19)10(20)12(22)23/h5-6,8-10,13,16,18-20H,3-4H2,1-2H3,(H,14,21)(H,15,17)(H,22,23)/t5-,6-,8+,9-,10-/m0/s1. The van der Waals surface area contributed by atoms with E-state index in [1.54, 1.807) is 0 Å². The van der Waals surface area contributed by atoms with Crippen LogP contribution in [0.3, 0.4) is 0 Å². The van der Waals surface area contributed by atoms with Crippen molar-refractivity contribution in [1.82, 2.24) is 16.0 Å². The molecule has 0 radical (unpaired) electrons. The summed E-state index contributed by atoms with van der Waals surface area (Å²) in [5, 5.41) is 53.2. The molecule has 2 amide bonds. The number of carbonyl (C=O) groups excluding carboxylic acids is 2. The minimum absolute atomic E-state index is 0.237. The van der Waals surface area contributed by atoms with Gasteiger partial charge in [0, 0.05) is 13.6 Å². The van der Waals surface area contributed by atoms with Gasteiger partial charge in [0.05, 0.1) is 18.6 Å². The number of carboxylic acids is 1. The molecule has 0 aliphatic heterocycles. The number of aliphatic hydroxyl groups is 4. The van der Waals surface area contributed by atoms with Crippen LogP contribution < -0.4 is 16.0 Å². The van der Waals surface area contributed by atoms with Crippen molar-refractivity contribution >= 4 is 17.8 Å². The lowest BCUT2D eigenvalue weighted by Gasteiger charge is -2.25. The summed E-state index contributed by atoms with van der Waals surface area (Å²) in [6.45, 7) is -0.506. The maximum Gasteiger partial charge on any atom is 0.335 e. The molecule has 0 saturated carbocycles. The fourth-order valence-corrected chi connectivity index (χ4v) is 1.66. The van der Waals surface area contributed by atoms with Gasteiger partial charge < -0.3 is 41.5 Å². The van der Waals surface area contributed by atoms with Gasteiger partial charge in [-0.25, -0.2) is 4.79 Å². The third kappa shape index (κ3) is 6.88. The Morgan fingerprint density at radius 2 is 1.57 bits per heavy atom. The van der Waals surface area contributed by atoms with Crippen LogP contribution in [0.4, 0.5) is 0 Å². The number of hydrogen-bond donors (Lipinski definition) is 8. The lowest BCUT2D eigenvalue weighted by Crippen LogP contribution is -2.51. The molecule has 0 aromatic heterocycles. The van der Waals surface area contributed by atoms with E-state index >= 15 is 0 Å². The molecule has 11 nitrogen and oxygen atoms in total. The smallest absolute Gasteiger partial charge is 0.335 e. The van der Waals surface area contributed by atoms with Crippen LogP contribution >= 0.6 is 0 Å². The molecule has 5 atom stereocenters. The Balaban J connectivity index is 4.41. The number of rotatable bonds is 10. The van der Waals surface area contributed by atoms with Crippen LogP contribution in [0.1, 0.15) is 6.42 Å². The van der Waals surface area contributed by atoms with Crippen LogP contribution in [0.15, 0.2) is 0 Å². The van der Waals surface area contributed by atoms with Crippen molar-refractivity contribution in [2.24, 2.45) is 0 Å². The van der Waals surface area contributed by atoms with E-state index in [0.29, 0.717) is 0 Å². The number of aliphatic hydroxyl groups excluding tert-OH is 4. The minimum atomic E-state index is -2.28. The van der Waals surface area contributed by atoms with Crippen molar-refractivity contribution in [2.45, 2.75) is 36.9 Å². The molecule has 0 heterocycles. The van der Waals surface area contributed by atoms with E-state index in [9.17, 15) is 29.7 Å². The molecule has 0 spiro atoms. The lowest BCUT2D eigenvalue weighted by atomic mass is 10.0. The van der Waals surface area contributed by atoms with E-state index in [4.69, 9.17) is 10.2 Å². The molecule has 0 saturated heterocycles. The van der Waals surface area contributed by atoms with Gasteiger partial charge in [-0.1, -0.05) is 0 Å². The monoisotopic (exact) mass is 337 g/mol. The van der Waals surface area contributed by atoms with Gasteiger partial charge in [0.15, 0.2) is 6.10 Å². The molecular formula is C12H23N3O8. The van der Waals surface area contributed by atoms with Crippen LogP contribution in [0, 0.1) is 0 Å². The first-order valence-electron chi connectivity index (χ1n) is 6.76. The van der Waals surface area contributed by atoms with Crippen LogP contribution in [0.2, 0.25) is 0 Å². The zero-order valence-corrected chi connectivity index (χ0v) is 12.8. The van der Waals surface area contributed by atoms with Crippen molar-refractivity contribution in [3.63, 3.8) is 0 Å². The third-order valence-corrected chi connectivity index (χ3v) is 3.13. The number of likely N-dealkylation sites (N-methyl/N-ethyl adjacent to an activating group) is 2. The molecule has 0 aromatic rings. The fraction of sp³-hybridized carbons (Fsp3) is 0.750. The predicted octanol–water partition coefficient (Wildman–Crippen LogP) is -4.65. The summed E-state index contributed by atoms with van der Waals surface area (Å²) in [7, 11) is 2.88. The average Bonchev–Trinajstić information content (AvgIpc) is 2.54. The number of nitrogens with one attached hydrogen (secondary N) is 3. The van der Waals surface area contributed by atoms with Gasteiger partial charge in [-0.05, 0) is 7.05 Å². The van der Waals surface area contributed by atoms with Gasteiger partial charge in [0.25, 0.3) is 0 Å². The molecule has 0 aliphatic carbocycles. The Kier molecular flexibility index (Phi) is 9.29. The van der Waals surface area contributed by atoms with Gasteiger partial charge >= 0.3 is 5.97 Å². The lowest BCUT2D eigenvalue weighted by molar-refractivity contribution is -0.162. The number of aliphatic carboxylic acids is 1. The molecule has 0 rings (SSSR count). The Hall–Kier alpha value is -1.79. The summed E-state index contributed by atoms with van der Waals surface area (Å²) in [5.74, 6) is -2.80. The van der Waals surface area contributed by atoms with Crippen LogP contribution in [0.25, 0.3) is 0 Å². The molecule has 134 valence electrons. The Morgan fingerprint density at radius 1 is 1.00 bits per heavy atom. The van der Waals surface area contributed by atoms with Gasteiger partial charge in [0.2, 0.25) is 11.8 Å². The van der Waals surface area contributed by atoms with Crippen molar-refractivity contribution in [1.29, 1.82) is 0 Å². The molecule has 0 aromatic carbocycles. The highest BCUT2D eigenvalue weighted by atomic mass is 16.4. The first-order valence-corrected chi connectivity index (χ1v) is 6.76. The Morgan fingerprint density at radius 3 is 2.00 bits per heavy atom. The highest BCUT2D eigenvalue weighted by molar-refractivity contribution is 5.88. The Bertz CT molecular complexity index is 419. The van der Waals surface area contributed by atoms with Gasteiger partial charge in [-0.2, -0.15) is 0 Å². The first-order chi connectivity index (χ1) is 10.6. The normalized spacial score (nSPS) is 17.5. The molecule has 11 heteroatoms. The molecule has 0 aliphatic rings. The number of amides is 2. The Labute approximate surface area is 132 Å². The van der Waals surface area contributed by atoms with E-state index in [1.807, 2.05) is 0 Å². The molecule has 8 N–H and O–H groups in total. The van der Waals surface area contributed by atoms with Crippen molar-refractivity contribution in [3.8, 4) is 0 Å². The van der Waals surface area contributed by atoms with Gasteiger partial charge in [-0.3, -0.25) is 9.59 Å². The molecule has 0 unspecified atom stereocenters. The van der Waals surface area contributed by atoms with E-state index in [0.717, 1.165) is 0 Å². The van der Waals surface area contributed by atoms with Crippen LogP contribution in [-0.2, 0) is 14.4 Å². The summed E-state index contributed by atoms with van der Waals surface area (Å²) < 4.78 is 0. The molecule has 0 fully saturated rings. The summed E-state index contributed by atoms with van der Waals surface area (Å²) in [4.78, 5) is 33.5. The second kappa shape index (κ2) is 10.1. The largest absolute Gasteiger partial charge is 0.479 e. The summed E-state index contributed by atoms with van der Waals surface area (Å²) in [6.07, 6.45) is -8.34. The molecular weight excluding hydrogens is 314 g/mol. The number of carbonyl (C=O) groups is 3. The van der Waals surface area contributed by atoms with Crippen LogP contribution in [0.5, 0.6) is 0 Å².